The molecule has 1 aliphatic heterocycles. The molecule has 1 amide bonds. The van der Waals surface area contributed by atoms with Gasteiger partial charge in [0.15, 0.2) is 0 Å². The van der Waals surface area contributed by atoms with Crippen LogP contribution in [0.4, 0.5) is 0 Å². The van der Waals surface area contributed by atoms with E-state index < -0.39 is 0 Å². The third kappa shape index (κ3) is 5.14. The van der Waals surface area contributed by atoms with Crippen LogP contribution in [0.1, 0.15) is 29.2 Å². The molecule has 0 radical (unpaired) electrons. The van der Waals surface area contributed by atoms with Crippen molar-refractivity contribution in [1.82, 2.24) is 10.2 Å². The number of piperidine rings is 1. The lowest BCUT2D eigenvalue weighted by Gasteiger charge is -2.32. The summed E-state index contributed by atoms with van der Waals surface area (Å²) in [5.41, 5.74) is 6.82. The van der Waals surface area contributed by atoms with Crippen LogP contribution in [-0.4, -0.2) is 37.0 Å². The molecule has 0 spiro atoms. The van der Waals surface area contributed by atoms with E-state index in [4.69, 9.17) is 5.73 Å². The highest BCUT2D eigenvalue weighted by molar-refractivity contribution is 7.09. The van der Waals surface area contributed by atoms with Gasteiger partial charge in [-0.15, -0.1) is 11.3 Å². The highest BCUT2D eigenvalue weighted by atomic mass is 32.1. The molecule has 1 aliphatic rings. The minimum Gasteiger partial charge on any atom is -0.355 e. The van der Waals surface area contributed by atoms with E-state index >= 15 is 0 Å². The van der Waals surface area contributed by atoms with Crippen molar-refractivity contribution in [2.45, 2.75) is 25.3 Å². The second-order valence-electron chi connectivity index (χ2n) is 6.74. The van der Waals surface area contributed by atoms with Gasteiger partial charge in [0.25, 0.3) is 0 Å². The monoisotopic (exact) mass is 357 g/mol. The van der Waals surface area contributed by atoms with Crippen LogP contribution in [0.15, 0.2) is 47.8 Å². The van der Waals surface area contributed by atoms with Crippen LogP contribution in [0.5, 0.6) is 0 Å². The molecule has 3 N–H and O–H groups in total. The Morgan fingerprint density at radius 2 is 1.96 bits per heavy atom. The average molecular weight is 358 g/mol. The van der Waals surface area contributed by atoms with Crippen LogP contribution < -0.4 is 11.1 Å². The second-order valence-corrected chi connectivity index (χ2v) is 7.78. The number of thiophene rings is 1. The fourth-order valence-electron chi connectivity index (χ4n) is 3.42. The maximum Gasteiger partial charge on any atom is 0.228 e. The maximum atomic E-state index is 12.5. The van der Waals surface area contributed by atoms with Crippen molar-refractivity contribution in [3.8, 4) is 0 Å². The van der Waals surface area contributed by atoms with Gasteiger partial charge in [0.1, 0.15) is 0 Å². The zero-order valence-corrected chi connectivity index (χ0v) is 15.4. The van der Waals surface area contributed by atoms with Crippen molar-refractivity contribution in [2.75, 3.05) is 26.2 Å². The lowest BCUT2D eigenvalue weighted by molar-refractivity contribution is -0.122. The van der Waals surface area contributed by atoms with Crippen molar-refractivity contribution < 1.29 is 4.79 Å². The van der Waals surface area contributed by atoms with Gasteiger partial charge in [-0.1, -0.05) is 36.4 Å². The minimum absolute atomic E-state index is 0.0507. The van der Waals surface area contributed by atoms with Gasteiger partial charge in [0.2, 0.25) is 5.91 Å². The Hall–Kier alpha value is -1.69. The molecule has 134 valence electrons. The van der Waals surface area contributed by atoms with Crippen molar-refractivity contribution >= 4 is 17.2 Å². The summed E-state index contributed by atoms with van der Waals surface area (Å²) < 4.78 is 0. The number of carbonyl (C=O) groups excluding carboxylic acids is 1. The minimum atomic E-state index is -0.250. The number of rotatable bonds is 7. The van der Waals surface area contributed by atoms with E-state index in [1.54, 1.807) is 0 Å². The quantitative estimate of drug-likeness (QED) is 0.801. The summed E-state index contributed by atoms with van der Waals surface area (Å²) in [7, 11) is 0. The topological polar surface area (TPSA) is 58.4 Å². The average Bonchev–Trinajstić information content (AvgIpc) is 3.16. The van der Waals surface area contributed by atoms with Gasteiger partial charge in [-0.2, -0.15) is 0 Å². The number of hydrogen-bond donors (Lipinski definition) is 2. The number of amides is 1. The highest BCUT2D eigenvalue weighted by Gasteiger charge is 2.23. The number of carbonyl (C=O) groups is 1. The van der Waals surface area contributed by atoms with Crippen LogP contribution >= 0.6 is 11.3 Å². The Bertz CT molecular complexity index is 636. The van der Waals surface area contributed by atoms with Gasteiger partial charge in [0, 0.05) is 24.5 Å². The molecule has 25 heavy (non-hydrogen) atoms. The standard InChI is InChI=1S/C20H27N3OS/c21-13-19(17-5-2-1-3-6-17)20(24)22-14-16-8-10-23(11-9-16)15-18-7-4-12-25-18/h1-7,12,16,19H,8-11,13-15,21H2,(H,22,24)/t19-/m0/s1. The second kappa shape index (κ2) is 9.13. The molecule has 2 aromatic rings. The van der Waals surface area contributed by atoms with E-state index in [-0.39, 0.29) is 11.8 Å². The molecule has 2 heterocycles. The van der Waals surface area contributed by atoms with Crippen LogP contribution in [-0.2, 0) is 11.3 Å². The third-order valence-electron chi connectivity index (χ3n) is 4.99. The first-order chi connectivity index (χ1) is 12.3. The molecule has 0 unspecified atom stereocenters. The fraction of sp³-hybridized carbons (Fsp3) is 0.450. The smallest absolute Gasteiger partial charge is 0.228 e. The number of benzene rings is 1. The molecule has 3 rings (SSSR count). The van der Waals surface area contributed by atoms with E-state index in [2.05, 4.69) is 27.7 Å². The Labute approximate surface area is 154 Å². The first kappa shape index (κ1) is 18.1. The molecular formula is C20H27N3OS. The molecule has 4 nitrogen and oxygen atoms in total. The molecule has 0 aliphatic carbocycles. The lowest BCUT2D eigenvalue weighted by Crippen LogP contribution is -2.40. The van der Waals surface area contributed by atoms with Gasteiger partial charge < -0.3 is 11.1 Å². The molecule has 0 bridgehead atoms. The van der Waals surface area contributed by atoms with Gasteiger partial charge in [-0.3, -0.25) is 9.69 Å². The Kier molecular flexibility index (Phi) is 6.62. The number of nitrogens with one attached hydrogen (secondary N) is 1. The first-order valence-electron chi connectivity index (χ1n) is 9.03. The highest BCUT2D eigenvalue weighted by Crippen LogP contribution is 2.21. The van der Waals surface area contributed by atoms with Crippen molar-refractivity contribution in [1.29, 1.82) is 0 Å². The van der Waals surface area contributed by atoms with Gasteiger partial charge in [-0.25, -0.2) is 0 Å². The Balaban J connectivity index is 1.42. The van der Waals surface area contributed by atoms with Crippen LogP contribution in [0.2, 0.25) is 0 Å². The van der Waals surface area contributed by atoms with Gasteiger partial charge >= 0.3 is 0 Å². The van der Waals surface area contributed by atoms with E-state index in [9.17, 15) is 4.79 Å². The van der Waals surface area contributed by atoms with Crippen LogP contribution in [0, 0.1) is 5.92 Å². The zero-order valence-electron chi connectivity index (χ0n) is 14.6. The van der Waals surface area contributed by atoms with Crippen LogP contribution in [0.25, 0.3) is 0 Å². The Morgan fingerprint density at radius 1 is 1.20 bits per heavy atom. The van der Waals surface area contributed by atoms with E-state index in [0.717, 1.165) is 44.6 Å². The third-order valence-corrected chi connectivity index (χ3v) is 5.85. The van der Waals surface area contributed by atoms with E-state index in [1.807, 2.05) is 41.7 Å². The summed E-state index contributed by atoms with van der Waals surface area (Å²) in [6, 6.07) is 14.1. The van der Waals surface area contributed by atoms with Crippen molar-refractivity contribution in [3.05, 3.63) is 58.3 Å². The summed E-state index contributed by atoms with van der Waals surface area (Å²) in [5.74, 6) is 0.368. The van der Waals surface area contributed by atoms with Crippen molar-refractivity contribution in [3.63, 3.8) is 0 Å². The van der Waals surface area contributed by atoms with Gasteiger partial charge in [-0.05, 0) is 48.9 Å². The first-order valence-corrected chi connectivity index (χ1v) is 9.91. The normalized spacial score (nSPS) is 17.3. The summed E-state index contributed by atoms with van der Waals surface area (Å²) in [6.45, 7) is 4.37. The summed E-state index contributed by atoms with van der Waals surface area (Å²) >= 11 is 1.82. The molecule has 1 aromatic carbocycles. The molecule has 1 fully saturated rings. The number of hydrogen-bond acceptors (Lipinski definition) is 4. The number of nitrogens with two attached hydrogens (primary N) is 1. The summed E-state index contributed by atoms with van der Waals surface area (Å²) in [6.07, 6.45) is 2.29. The lowest BCUT2D eigenvalue weighted by atomic mass is 9.95. The van der Waals surface area contributed by atoms with Crippen LogP contribution in [0.3, 0.4) is 0 Å². The van der Waals surface area contributed by atoms with E-state index in [1.165, 1.54) is 4.88 Å². The summed E-state index contributed by atoms with van der Waals surface area (Å²) in [4.78, 5) is 16.4. The van der Waals surface area contributed by atoms with Gasteiger partial charge in [0.05, 0.1) is 5.92 Å². The fourth-order valence-corrected chi connectivity index (χ4v) is 4.17. The predicted octanol–water partition coefficient (Wildman–Crippen LogP) is 2.82. The zero-order chi connectivity index (χ0) is 17.5. The summed E-state index contributed by atoms with van der Waals surface area (Å²) in [5, 5.41) is 5.26. The molecule has 1 saturated heterocycles. The molecule has 5 heteroatoms. The number of nitrogens with zero attached hydrogens (tertiary/aromatic N) is 1. The number of likely N-dealkylation sites (tertiary alicyclic amines) is 1. The molecule has 1 atom stereocenters. The van der Waals surface area contributed by atoms with E-state index in [0.29, 0.717) is 12.5 Å². The molecule has 1 aromatic heterocycles. The predicted molar refractivity (Wildman–Crippen MR) is 104 cm³/mol. The molecule has 0 saturated carbocycles. The molecular weight excluding hydrogens is 330 g/mol. The maximum absolute atomic E-state index is 12.5. The van der Waals surface area contributed by atoms with Crippen molar-refractivity contribution in [2.24, 2.45) is 11.7 Å². The SMILES string of the molecule is NC[C@H](C(=O)NCC1CCN(Cc2cccs2)CC1)c1ccccc1. The largest absolute Gasteiger partial charge is 0.355 e. The Morgan fingerprint density at radius 3 is 2.60 bits per heavy atom.